The Morgan fingerprint density at radius 1 is 0.963 bits per heavy atom. The Kier molecular flexibility index (Phi) is 4.66. The number of Topliss-reactive ketones (excluding diaryl/α,β-unsaturated/α-hetero) is 1. The predicted octanol–water partition coefficient (Wildman–Crippen LogP) is 4.30. The van der Waals surface area contributed by atoms with Crippen molar-refractivity contribution >= 4 is 16.8 Å². The van der Waals surface area contributed by atoms with E-state index in [2.05, 4.69) is 10.3 Å². The Hall–Kier alpha value is -3.47. The van der Waals surface area contributed by atoms with Crippen LogP contribution in [-0.2, 0) is 0 Å². The molecule has 0 spiro atoms. The number of benzene rings is 3. The summed E-state index contributed by atoms with van der Waals surface area (Å²) in [4.78, 5) is 12.9. The molecular formula is C22H19N3O2. The summed E-state index contributed by atoms with van der Waals surface area (Å²) in [6.07, 6.45) is 0.295. The molecule has 1 aromatic heterocycles. The zero-order valence-electron chi connectivity index (χ0n) is 14.9. The van der Waals surface area contributed by atoms with Gasteiger partial charge < -0.3 is 4.74 Å². The second-order valence-corrected chi connectivity index (χ2v) is 6.31. The first kappa shape index (κ1) is 17.0. The molecule has 1 atom stereocenters. The molecule has 1 heterocycles. The molecule has 0 saturated carbocycles. The van der Waals surface area contributed by atoms with Gasteiger partial charge in [0.15, 0.2) is 5.78 Å². The van der Waals surface area contributed by atoms with Crippen LogP contribution in [0.1, 0.15) is 28.4 Å². The van der Waals surface area contributed by atoms with Gasteiger partial charge in [-0.1, -0.05) is 59.8 Å². The fraction of sp³-hybridized carbons (Fsp3) is 0.136. The summed E-state index contributed by atoms with van der Waals surface area (Å²) in [6.45, 7) is 0. The van der Waals surface area contributed by atoms with E-state index in [0.717, 1.165) is 22.3 Å². The lowest BCUT2D eigenvalue weighted by Gasteiger charge is -2.18. The van der Waals surface area contributed by atoms with Gasteiger partial charge in [-0.25, -0.2) is 4.68 Å². The molecule has 3 aromatic carbocycles. The molecule has 0 saturated heterocycles. The van der Waals surface area contributed by atoms with Crippen LogP contribution in [-0.4, -0.2) is 27.9 Å². The van der Waals surface area contributed by atoms with Gasteiger partial charge in [-0.2, -0.15) is 0 Å². The number of carbonyl (C=O) groups excluding carboxylic acids is 1. The van der Waals surface area contributed by atoms with Crippen molar-refractivity contribution < 1.29 is 9.53 Å². The van der Waals surface area contributed by atoms with Gasteiger partial charge in [0.1, 0.15) is 11.3 Å². The van der Waals surface area contributed by atoms with Gasteiger partial charge in [0.25, 0.3) is 0 Å². The highest BCUT2D eigenvalue weighted by molar-refractivity contribution is 5.96. The van der Waals surface area contributed by atoms with Crippen LogP contribution in [0.25, 0.3) is 11.0 Å². The average Bonchev–Trinajstić information content (AvgIpc) is 3.16. The maximum Gasteiger partial charge on any atom is 0.165 e. The number of hydrogen-bond donors (Lipinski definition) is 0. The second-order valence-electron chi connectivity index (χ2n) is 6.31. The van der Waals surface area contributed by atoms with Crippen LogP contribution in [0.4, 0.5) is 0 Å². The first-order valence-electron chi connectivity index (χ1n) is 8.78. The largest absolute Gasteiger partial charge is 0.497 e. The van der Waals surface area contributed by atoms with E-state index in [1.165, 1.54) is 0 Å². The third-order valence-electron chi connectivity index (χ3n) is 4.65. The minimum atomic E-state index is -0.254. The number of ketones is 1. The molecule has 4 aromatic rings. The lowest BCUT2D eigenvalue weighted by Crippen LogP contribution is -2.17. The summed E-state index contributed by atoms with van der Waals surface area (Å²) in [5.74, 6) is 0.839. The summed E-state index contributed by atoms with van der Waals surface area (Å²) in [6, 6.07) is 24.6. The Labute approximate surface area is 157 Å². The smallest absolute Gasteiger partial charge is 0.165 e. The van der Waals surface area contributed by atoms with Gasteiger partial charge in [0.05, 0.1) is 18.7 Å². The molecule has 5 nitrogen and oxygen atoms in total. The van der Waals surface area contributed by atoms with E-state index >= 15 is 0 Å². The number of nitrogens with zero attached hydrogens (tertiary/aromatic N) is 3. The highest BCUT2D eigenvalue weighted by atomic mass is 16.5. The molecule has 134 valence electrons. The van der Waals surface area contributed by atoms with Crippen LogP contribution in [0, 0.1) is 0 Å². The van der Waals surface area contributed by atoms with E-state index in [1.807, 2.05) is 83.5 Å². The number of para-hydroxylation sites is 1. The third kappa shape index (κ3) is 3.44. The quantitative estimate of drug-likeness (QED) is 0.483. The molecule has 0 bridgehead atoms. The van der Waals surface area contributed by atoms with E-state index in [4.69, 9.17) is 4.74 Å². The Morgan fingerprint density at radius 2 is 1.67 bits per heavy atom. The first-order valence-corrected chi connectivity index (χ1v) is 8.78. The minimum absolute atomic E-state index is 0.0657. The second kappa shape index (κ2) is 7.41. The molecule has 0 aliphatic heterocycles. The van der Waals surface area contributed by atoms with Crippen molar-refractivity contribution in [1.29, 1.82) is 0 Å². The molecule has 27 heavy (non-hydrogen) atoms. The summed E-state index contributed by atoms with van der Waals surface area (Å²) in [5, 5.41) is 8.60. The lowest BCUT2D eigenvalue weighted by molar-refractivity contribution is 0.0968. The van der Waals surface area contributed by atoms with Crippen molar-refractivity contribution in [3.63, 3.8) is 0 Å². The Balaban J connectivity index is 1.76. The number of rotatable bonds is 6. The van der Waals surface area contributed by atoms with E-state index in [0.29, 0.717) is 12.0 Å². The Morgan fingerprint density at radius 3 is 2.41 bits per heavy atom. The number of carbonyl (C=O) groups is 1. The summed E-state index contributed by atoms with van der Waals surface area (Å²) >= 11 is 0. The molecule has 0 fully saturated rings. The van der Waals surface area contributed by atoms with E-state index < -0.39 is 0 Å². The third-order valence-corrected chi connectivity index (χ3v) is 4.65. The molecule has 0 aliphatic rings. The monoisotopic (exact) mass is 357 g/mol. The standard InChI is InChI=1S/C22H19N3O2/c1-27-18-13-11-16(12-14-18)21(15-22(26)17-7-3-2-4-8-17)25-20-10-6-5-9-19(20)23-24-25/h2-14,21H,15H2,1H3. The van der Waals surface area contributed by atoms with Crippen LogP contribution in [0.15, 0.2) is 78.9 Å². The SMILES string of the molecule is COc1ccc(C(CC(=O)c2ccccc2)n2nnc3ccccc32)cc1. The fourth-order valence-corrected chi connectivity index (χ4v) is 3.21. The Bertz CT molecular complexity index is 1060. The van der Waals surface area contributed by atoms with Crippen LogP contribution in [0.3, 0.4) is 0 Å². The van der Waals surface area contributed by atoms with Crippen LogP contribution in [0.2, 0.25) is 0 Å². The highest BCUT2D eigenvalue weighted by Crippen LogP contribution is 2.28. The molecule has 0 aliphatic carbocycles. The molecule has 1 unspecified atom stereocenters. The summed E-state index contributed by atoms with van der Waals surface area (Å²) in [7, 11) is 1.64. The summed E-state index contributed by atoms with van der Waals surface area (Å²) in [5.41, 5.74) is 3.39. The predicted molar refractivity (Wildman–Crippen MR) is 104 cm³/mol. The lowest BCUT2D eigenvalue weighted by atomic mass is 9.97. The van der Waals surface area contributed by atoms with Crippen LogP contribution >= 0.6 is 0 Å². The molecule has 0 radical (unpaired) electrons. The zero-order chi connectivity index (χ0) is 18.6. The maximum absolute atomic E-state index is 12.9. The first-order chi connectivity index (χ1) is 13.3. The molecule has 0 amide bonds. The number of hydrogen-bond acceptors (Lipinski definition) is 4. The van der Waals surface area contributed by atoms with Gasteiger partial charge >= 0.3 is 0 Å². The number of ether oxygens (including phenoxy) is 1. The molecular weight excluding hydrogens is 338 g/mol. The minimum Gasteiger partial charge on any atom is -0.497 e. The van der Waals surface area contributed by atoms with E-state index in [1.54, 1.807) is 7.11 Å². The van der Waals surface area contributed by atoms with Crippen molar-refractivity contribution in [2.45, 2.75) is 12.5 Å². The highest BCUT2D eigenvalue weighted by Gasteiger charge is 2.22. The molecule has 0 N–H and O–H groups in total. The zero-order valence-corrected chi connectivity index (χ0v) is 14.9. The molecule has 5 heteroatoms. The number of methoxy groups -OCH3 is 1. The van der Waals surface area contributed by atoms with Gasteiger partial charge in [0.2, 0.25) is 0 Å². The van der Waals surface area contributed by atoms with E-state index in [-0.39, 0.29) is 11.8 Å². The van der Waals surface area contributed by atoms with Crippen molar-refractivity contribution in [2.24, 2.45) is 0 Å². The topological polar surface area (TPSA) is 57.0 Å². The van der Waals surface area contributed by atoms with Crippen molar-refractivity contribution in [3.8, 4) is 5.75 Å². The van der Waals surface area contributed by atoms with Crippen LogP contribution in [0.5, 0.6) is 5.75 Å². The van der Waals surface area contributed by atoms with E-state index in [9.17, 15) is 4.79 Å². The van der Waals surface area contributed by atoms with Gasteiger partial charge in [0, 0.05) is 12.0 Å². The normalized spacial score (nSPS) is 12.0. The van der Waals surface area contributed by atoms with Gasteiger partial charge in [-0.3, -0.25) is 4.79 Å². The molecule has 4 rings (SSSR count). The van der Waals surface area contributed by atoms with Crippen molar-refractivity contribution in [1.82, 2.24) is 15.0 Å². The van der Waals surface area contributed by atoms with Gasteiger partial charge in [-0.15, -0.1) is 5.10 Å². The van der Waals surface area contributed by atoms with Gasteiger partial charge in [-0.05, 0) is 29.8 Å². The van der Waals surface area contributed by atoms with Crippen molar-refractivity contribution in [3.05, 3.63) is 90.0 Å². The fourth-order valence-electron chi connectivity index (χ4n) is 3.21. The van der Waals surface area contributed by atoms with Crippen LogP contribution < -0.4 is 4.74 Å². The maximum atomic E-state index is 12.9. The number of aromatic nitrogens is 3. The van der Waals surface area contributed by atoms with Crippen molar-refractivity contribution in [2.75, 3.05) is 7.11 Å². The number of fused-ring (bicyclic) bond motifs is 1. The summed E-state index contributed by atoms with van der Waals surface area (Å²) < 4.78 is 7.09. The average molecular weight is 357 g/mol.